The van der Waals surface area contributed by atoms with E-state index in [9.17, 15) is 9.59 Å². The lowest BCUT2D eigenvalue weighted by Crippen LogP contribution is -2.29. The van der Waals surface area contributed by atoms with Gasteiger partial charge < -0.3 is 4.84 Å². The van der Waals surface area contributed by atoms with Gasteiger partial charge in [-0.3, -0.25) is 9.59 Å². The van der Waals surface area contributed by atoms with E-state index in [1.165, 1.54) is 11.2 Å². The number of oxime groups is 1. The molecule has 2 heterocycles. The van der Waals surface area contributed by atoms with Crippen LogP contribution < -0.4 is 0 Å². The fraction of sp³-hybridized carbons (Fsp3) is 0.375. The van der Waals surface area contributed by atoms with Gasteiger partial charge in [-0.15, -0.1) is 0 Å². The molecule has 1 unspecified atom stereocenters. The van der Waals surface area contributed by atoms with Gasteiger partial charge in [0, 0.05) is 30.8 Å². The minimum absolute atomic E-state index is 0.226. The monoisotopic (exact) mass is 299 g/mol. The molecule has 1 amide bonds. The molecule has 2 aliphatic rings. The van der Waals surface area contributed by atoms with Crippen LogP contribution in [0.3, 0.4) is 0 Å². The maximum atomic E-state index is 12.7. The number of carbonyl (C=O) groups is 2. The highest BCUT2D eigenvalue weighted by Crippen LogP contribution is 2.25. The standard InChI is InChI=1S/C16H17N3O3/c1-9-4-5-11(10(2)14(9)13-6-7-22-18-13)15(20)12-8-17-19(3)16(12)21/h4-5,8,12H,6-7H2,1-3H3. The first-order chi connectivity index (χ1) is 10.5. The molecule has 0 saturated heterocycles. The second-order valence-corrected chi connectivity index (χ2v) is 5.52. The smallest absolute Gasteiger partial charge is 0.258 e. The number of ketones is 1. The number of aryl methyl sites for hydroxylation is 1. The van der Waals surface area contributed by atoms with Crippen molar-refractivity contribution in [3.8, 4) is 0 Å². The van der Waals surface area contributed by atoms with E-state index in [0.717, 1.165) is 28.8 Å². The second-order valence-electron chi connectivity index (χ2n) is 5.52. The molecule has 6 nitrogen and oxygen atoms in total. The van der Waals surface area contributed by atoms with Crippen LogP contribution in [0.5, 0.6) is 0 Å². The molecule has 1 aromatic rings. The van der Waals surface area contributed by atoms with Gasteiger partial charge in [0.05, 0.1) is 5.71 Å². The highest BCUT2D eigenvalue weighted by atomic mass is 16.6. The molecule has 114 valence electrons. The van der Waals surface area contributed by atoms with Crippen molar-refractivity contribution in [3.63, 3.8) is 0 Å². The summed E-state index contributed by atoms with van der Waals surface area (Å²) in [6.07, 6.45) is 2.13. The van der Waals surface area contributed by atoms with Crippen LogP contribution in [0, 0.1) is 19.8 Å². The Morgan fingerprint density at radius 1 is 1.36 bits per heavy atom. The molecule has 0 saturated carbocycles. The summed E-state index contributed by atoms with van der Waals surface area (Å²) in [5.74, 6) is -1.36. The van der Waals surface area contributed by atoms with Crippen molar-refractivity contribution in [2.24, 2.45) is 16.2 Å². The first-order valence-electron chi connectivity index (χ1n) is 7.16. The van der Waals surface area contributed by atoms with Gasteiger partial charge in [-0.25, -0.2) is 5.01 Å². The molecule has 1 aromatic carbocycles. The minimum atomic E-state index is -0.832. The van der Waals surface area contributed by atoms with Crippen LogP contribution in [0.15, 0.2) is 22.4 Å². The molecule has 0 radical (unpaired) electrons. The molecule has 22 heavy (non-hydrogen) atoms. The Hall–Kier alpha value is -2.50. The fourth-order valence-electron chi connectivity index (χ4n) is 2.88. The van der Waals surface area contributed by atoms with Gasteiger partial charge in [-0.1, -0.05) is 17.3 Å². The van der Waals surface area contributed by atoms with Crippen molar-refractivity contribution in [2.45, 2.75) is 20.3 Å². The third-order valence-electron chi connectivity index (χ3n) is 4.09. The second kappa shape index (κ2) is 5.36. The Morgan fingerprint density at radius 3 is 2.73 bits per heavy atom. The summed E-state index contributed by atoms with van der Waals surface area (Å²) >= 11 is 0. The molecule has 3 rings (SSSR count). The minimum Gasteiger partial charge on any atom is -0.395 e. The molecule has 1 atom stereocenters. The Balaban J connectivity index is 2.02. The maximum Gasteiger partial charge on any atom is 0.258 e. The molecule has 0 aromatic heterocycles. The lowest BCUT2D eigenvalue weighted by atomic mass is 9.88. The van der Waals surface area contributed by atoms with Crippen LogP contribution in [0.25, 0.3) is 0 Å². The van der Waals surface area contributed by atoms with Crippen molar-refractivity contribution in [1.82, 2.24) is 5.01 Å². The van der Waals surface area contributed by atoms with E-state index < -0.39 is 5.92 Å². The van der Waals surface area contributed by atoms with Crippen molar-refractivity contribution in [3.05, 3.63) is 34.4 Å². The third kappa shape index (κ3) is 2.20. The highest BCUT2D eigenvalue weighted by Gasteiger charge is 2.34. The Morgan fingerprint density at radius 2 is 2.14 bits per heavy atom. The van der Waals surface area contributed by atoms with Crippen LogP contribution in [-0.4, -0.2) is 42.3 Å². The van der Waals surface area contributed by atoms with Gasteiger partial charge >= 0.3 is 0 Å². The molecule has 0 spiro atoms. The van der Waals surface area contributed by atoms with Crippen LogP contribution in [0.4, 0.5) is 0 Å². The number of carbonyl (C=O) groups excluding carboxylic acids is 2. The summed E-state index contributed by atoms with van der Waals surface area (Å²) in [6, 6.07) is 3.66. The summed E-state index contributed by atoms with van der Waals surface area (Å²) in [5.41, 5.74) is 4.22. The van der Waals surface area contributed by atoms with Crippen molar-refractivity contribution in [1.29, 1.82) is 0 Å². The SMILES string of the molecule is Cc1ccc(C(=O)C2C=NN(C)C2=O)c(C)c1C1=NOCC1. The van der Waals surface area contributed by atoms with Gasteiger partial charge in [0.15, 0.2) is 5.78 Å². The average molecular weight is 299 g/mol. The van der Waals surface area contributed by atoms with E-state index >= 15 is 0 Å². The molecular formula is C16H17N3O3. The zero-order valence-corrected chi connectivity index (χ0v) is 12.8. The van der Waals surface area contributed by atoms with Gasteiger partial charge in [-0.2, -0.15) is 5.10 Å². The van der Waals surface area contributed by atoms with Crippen LogP contribution in [0.2, 0.25) is 0 Å². The molecule has 0 bridgehead atoms. The summed E-state index contributed by atoms with van der Waals surface area (Å²) < 4.78 is 0. The first kappa shape index (κ1) is 14.4. The number of hydrazone groups is 1. The lowest BCUT2D eigenvalue weighted by molar-refractivity contribution is -0.129. The first-order valence-corrected chi connectivity index (χ1v) is 7.16. The van der Waals surface area contributed by atoms with Crippen molar-refractivity contribution in [2.75, 3.05) is 13.7 Å². The quantitative estimate of drug-likeness (QED) is 0.630. The molecule has 0 N–H and O–H groups in total. The topological polar surface area (TPSA) is 71.3 Å². The summed E-state index contributed by atoms with van der Waals surface area (Å²) in [4.78, 5) is 29.7. The van der Waals surface area contributed by atoms with Crippen molar-refractivity contribution >= 4 is 23.6 Å². The number of Topliss-reactive ketones (excluding diaryl/α,β-unsaturated/α-hetero) is 1. The number of amides is 1. The zero-order valence-electron chi connectivity index (χ0n) is 12.8. The highest BCUT2D eigenvalue weighted by molar-refractivity contribution is 6.22. The van der Waals surface area contributed by atoms with Gasteiger partial charge in [0.1, 0.15) is 12.5 Å². The largest absolute Gasteiger partial charge is 0.395 e. The summed E-state index contributed by atoms with van der Waals surface area (Å²) in [7, 11) is 1.55. The summed E-state index contributed by atoms with van der Waals surface area (Å²) in [5, 5.41) is 9.14. The fourth-order valence-corrected chi connectivity index (χ4v) is 2.88. The van der Waals surface area contributed by atoms with Gasteiger partial charge in [0.25, 0.3) is 5.91 Å². The molecule has 6 heteroatoms. The Bertz CT molecular complexity index is 722. The zero-order chi connectivity index (χ0) is 15.9. The van der Waals surface area contributed by atoms with E-state index in [-0.39, 0.29) is 11.7 Å². The number of hydrogen-bond acceptors (Lipinski definition) is 5. The molecule has 0 aliphatic carbocycles. The average Bonchev–Trinajstić information content (AvgIpc) is 3.11. The van der Waals surface area contributed by atoms with Crippen LogP contribution in [0.1, 0.15) is 33.5 Å². The lowest BCUT2D eigenvalue weighted by Gasteiger charge is -2.14. The van der Waals surface area contributed by atoms with Gasteiger partial charge in [0.2, 0.25) is 0 Å². The Kier molecular flexibility index (Phi) is 3.52. The number of rotatable bonds is 3. The molecule has 2 aliphatic heterocycles. The van der Waals surface area contributed by atoms with E-state index in [2.05, 4.69) is 10.3 Å². The van der Waals surface area contributed by atoms with E-state index in [1.807, 2.05) is 19.9 Å². The van der Waals surface area contributed by atoms with Crippen LogP contribution in [-0.2, 0) is 9.63 Å². The normalized spacial score (nSPS) is 20.3. The summed E-state index contributed by atoms with van der Waals surface area (Å²) in [6.45, 7) is 4.43. The van der Waals surface area contributed by atoms with E-state index in [0.29, 0.717) is 12.2 Å². The van der Waals surface area contributed by atoms with Crippen LogP contribution >= 0.6 is 0 Å². The maximum absolute atomic E-state index is 12.7. The predicted octanol–water partition coefficient (Wildman–Crippen LogP) is 1.68. The van der Waals surface area contributed by atoms with E-state index in [4.69, 9.17) is 4.84 Å². The number of benzene rings is 1. The molecule has 0 fully saturated rings. The predicted molar refractivity (Wildman–Crippen MR) is 82.1 cm³/mol. The number of nitrogens with zero attached hydrogens (tertiary/aromatic N) is 3. The van der Waals surface area contributed by atoms with Gasteiger partial charge in [-0.05, 0) is 25.0 Å². The van der Waals surface area contributed by atoms with Crippen molar-refractivity contribution < 1.29 is 14.4 Å². The van der Waals surface area contributed by atoms with E-state index in [1.54, 1.807) is 13.1 Å². The Labute approximate surface area is 128 Å². The number of hydrogen-bond donors (Lipinski definition) is 0. The molecular weight excluding hydrogens is 282 g/mol. The third-order valence-corrected chi connectivity index (χ3v) is 4.09.